The van der Waals surface area contributed by atoms with Crippen molar-refractivity contribution in [3.8, 4) is 0 Å². The molecule has 0 saturated carbocycles. The Morgan fingerprint density at radius 2 is 1.65 bits per heavy atom. The maximum atomic E-state index is 9.45. The highest BCUT2D eigenvalue weighted by molar-refractivity contribution is 4.93. The van der Waals surface area contributed by atoms with Gasteiger partial charge in [0, 0.05) is 0 Å². The average molecular weight is 243 g/mol. The standard InChI is InChI=1S/C14H29NO2/c1-2-3-4-5-6-7-8-9-10-11-14(17)13(15)12-16/h10-11,13-14,16-17H,2-9,12,15H2,1H3. The summed E-state index contributed by atoms with van der Waals surface area (Å²) in [5.74, 6) is 0. The number of rotatable bonds is 11. The Bertz CT molecular complexity index is 183. The molecule has 2 atom stereocenters. The van der Waals surface area contributed by atoms with E-state index >= 15 is 0 Å². The van der Waals surface area contributed by atoms with Gasteiger partial charge in [0.15, 0.2) is 0 Å². The van der Waals surface area contributed by atoms with Crippen molar-refractivity contribution >= 4 is 0 Å². The van der Waals surface area contributed by atoms with Crippen molar-refractivity contribution < 1.29 is 10.2 Å². The lowest BCUT2D eigenvalue weighted by Gasteiger charge is -2.11. The second kappa shape index (κ2) is 12.1. The summed E-state index contributed by atoms with van der Waals surface area (Å²) in [5.41, 5.74) is 5.47. The Morgan fingerprint density at radius 3 is 2.24 bits per heavy atom. The minimum absolute atomic E-state index is 0.178. The molecule has 0 spiro atoms. The summed E-state index contributed by atoms with van der Waals surface area (Å²) in [6.07, 6.45) is 13.0. The van der Waals surface area contributed by atoms with E-state index in [1.165, 1.54) is 44.9 Å². The van der Waals surface area contributed by atoms with Gasteiger partial charge in [-0.05, 0) is 12.8 Å². The Kier molecular flexibility index (Phi) is 11.8. The summed E-state index contributed by atoms with van der Waals surface area (Å²) in [7, 11) is 0. The van der Waals surface area contributed by atoms with Gasteiger partial charge >= 0.3 is 0 Å². The molecule has 0 heterocycles. The van der Waals surface area contributed by atoms with Crippen molar-refractivity contribution in [2.24, 2.45) is 5.73 Å². The minimum Gasteiger partial charge on any atom is -0.395 e. The van der Waals surface area contributed by atoms with E-state index in [1.807, 2.05) is 6.08 Å². The van der Waals surface area contributed by atoms with Crippen LogP contribution in [0.5, 0.6) is 0 Å². The van der Waals surface area contributed by atoms with Gasteiger partial charge in [0.25, 0.3) is 0 Å². The number of nitrogens with two attached hydrogens (primary N) is 1. The van der Waals surface area contributed by atoms with Gasteiger partial charge in [-0.1, -0.05) is 57.6 Å². The summed E-state index contributed by atoms with van der Waals surface area (Å²) in [5, 5.41) is 18.2. The Morgan fingerprint density at radius 1 is 1.06 bits per heavy atom. The number of hydrogen-bond acceptors (Lipinski definition) is 3. The van der Waals surface area contributed by atoms with Crippen LogP contribution in [0.2, 0.25) is 0 Å². The average Bonchev–Trinajstić information content (AvgIpc) is 2.35. The lowest BCUT2D eigenvalue weighted by atomic mass is 10.1. The van der Waals surface area contributed by atoms with E-state index in [9.17, 15) is 5.11 Å². The normalized spacial score (nSPS) is 15.3. The van der Waals surface area contributed by atoms with E-state index in [4.69, 9.17) is 10.8 Å². The predicted octanol–water partition coefficient (Wildman–Crippen LogP) is 2.36. The quantitative estimate of drug-likeness (QED) is 0.385. The van der Waals surface area contributed by atoms with Crippen LogP contribution in [0.1, 0.15) is 58.3 Å². The van der Waals surface area contributed by atoms with E-state index < -0.39 is 12.1 Å². The maximum Gasteiger partial charge on any atom is 0.0894 e. The van der Waals surface area contributed by atoms with E-state index in [1.54, 1.807) is 6.08 Å². The maximum absolute atomic E-state index is 9.45. The van der Waals surface area contributed by atoms with Crippen LogP contribution in [0, 0.1) is 0 Å². The fraction of sp³-hybridized carbons (Fsp3) is 0.857. The summed E-state index contributed by atoms with van der Waals surface area (Å²) >= 11 is 0. The molecule has 0 fully saturated rings. The second-order valence-electron chi connectivity index (χ2n) is 4.68. The molecule has 0 aliphatic heterocycles. The predicted molar refractivity (Wildman–Crippen MR) is 72.8 cm³/mol. The molecule has 0 aromatic rings. The van der Waals surface area contributed by atoms with Crippen LogP contribution in [-0.2, 0) is 0 Å². The highest BCUT2D eigenvalue weighted by Crippen LogP contribution is 2.08. The van der Waals surface area contributed by atoms with E-state index in [2.05, 4.69) is 6.92 Å². The van der Waals surface area contributed by atoms with E-state index in [0.717, 1.165) is 6.42 Å². The van der Waals surface area contributed by atoms with Crippen LogP contribution in [0.4, 0.5) is 0 Å². The van der Waals surface area contributed by atoms with Crippen molar-refractivity contribution in [1.82, 2.24) is 0 Å². The molecular formula is C14H29NO2. The Balaban J connectivity index is 3.30. The molecule has 0 amide bonds. The van der Waals surface area contributed by atoms with Crippen molar-refractivity contribution in [1.29, 1.82) is 0 Å². The summed E-state index contributed by atoms with van der Waals surface area (Å²) in [4.78, 5) is 0. The molecular weight excluding hydrogens is 214 g/mol. The lowest BCUT2D eigenvalue weighted by Crippen LogP contribution is -2.36. The third-order valence-corrected chi connectivity index (χ3v) is 2.96. The SMILES string of the molecule is CCCCCCCCCC=CC(O)C(N)CO. The van der Waals surface area contributed by atoms with E-state index in [-0.39, 0.29) is 6.61 Å². The summed E-state index contributed by atoms with van der Waals surface area (Å²) < 4.78 is 0. The molecule has 3 heteroatoms. The molecule has 0 aliphatic rings. The number of unbranched alkanes of at least 4 members (excludes halogenated alkanes) is 7. The first kappa shape index (κ1) is 16.6. The van der Waals surface area contributed by atoms with Crippen molar-refractivity contribution in [2.45, 2.75) is 70.4 Å². The third kappa shape index (κ3) is 10.5. The van der Waals surface area contributed by atoms with Gasteiger partial charge in [-0.25, -0.2) is 0 Å². The van der Waals surface area contributed by atoms with Crippen molar-refractivity contribution in [3.05, 3.63) is 12.2 Å². The summed E-state index contributed by atoms with van der Waals surface area (Å²) in [6, 6.07) is -0.555. The number of aliphatic hydroxyl groups is 2. The zero-order valence-electron chi connectivity index (χ0n) is 11.1. The lowest BCUT2D eigenvalue weighted by molar-refractivity contribution is 0.144. The van der Waals surface area contributed by atoms with Gasteiger partial charge in [-0.2, -0.15) is 0 Å². The van der Waals surface area contributed by atoms with Gasteiger partial charge in [0.05, 0.1) is 18.8 Å². The van der Waals surface area contributed by atoms with Crippen LogP contribution in [0.15, 0.2) is 12.2 Å². The van der Waals surface area contributed by atoms with Crippen molar-refractivity contribution in [2.75, 3.05) is 6.61 Å². The van der Waals surface area contributed by atoms with E-state index in [0.29, 0.717) is 0 Å². The zero-order chi connectivity index (χ0) is 12.9. The van der Waals surface area contributed by atoms with Gasteiger partial charge in [0.2, 0.25) is 0 Å². The first-order valence-corrected chi connectivity index (χ1v) is 6.93. The molecule has 0 bridgehead atoms. The van der Waals surface area contributed by atoms with Crippen molar-refractivity contribution in [3.63, 3.8) is 0 Å². The number of hydrogen-bond donors (Lipinski definition) is 3. The molecule has 0 aromatic heterocycles. The molecule has 0 saturated heterocycles. The smallest absolute Gasteiger partial charge is 0.0894 e. The molecule has 17 heavy (non-hydrogen) atoms. The van der Waals surface area contributed by atoms with Crippen LogP contribution in [0.25, 0.3) is 0 Å². The molecule has 0 rings (SSSR count). The fourth-order valence-corrected chi connectivity index (χ4v) is 1.71. The molecule has 0 radical (unpaired) electrons. The zero-order valence-corrected chi connectivity index (χ0v) is 11.1. The number of allylic oxidation sites excluding steroid dienone is 1. The first-order valence-electron chi connectivity index (χ1n) is 6.93. The molecule has 0 aliphatic carbocycles. The number of aliphatic hydroxyl groups excluding tert-OH is 2. The van der Waals surface area contributed by atoms with Crippen LogP contribution < -0.4 is 5.73 Å². The van der Waals surface area contributed by atoms with Gasteiger partial charge in [0.1, 0.15) is 0 Å². The Hall–Kier alpha value is -0.380. The third-order valence-electron chi connectivity index (χ3n) is 2.96. The molecule has 3 nitrogen and oxygen atoms in total. The van der Waals surface area contributed by atoms with Gasteiger partial charge < -0.3 is 15.9 Å². The van der Waals surface area contributed by atoms with Crippen LogP contribution in [-0.4, -0.2) is 29.0 Å². The fourth-order valence-electron chi connectivity index (χ4n) is 1.71. The largest absolute Gasteiger partial charge is 0.395 e. The van der Waals surface area contributed by atoms with Crippen LogP contribution >= 0.6 is 0 Å². The monoisotopic (exact) mass is 243 g/mol. The minimum atomic E-state index is -0.718. The second-order valence-corrected chi connectivity index (χ2v) is 4.68. The van der Waals surface area contributed by atoms with Gasteiger partial charge in [-0.3, -0.25) is 0 Å². The first-order chi connectivity index (χ1) is 8.22. The highest BCUT2D eigenvalue weighted by Gasteiger charge is 2.08. The highest BCUT2D eigenvalue weighted by atomic mass is 16.3. The summed E-state index contributed by atoms with van der Waals surface area (Å²) in [6.45, 7) is 2.05. The van der Waals surface area contributed by atoms with Gasteiger partial charge in [-0.15, -0.1) is 0 Å². The molecule has 102 valence electrons. The molecule has 2 unspecified atom stereocenters. The molecule has 0 aromatic carbocycles. The topological polar surface area (TPSA) is 66.5 Å². The Labute approximate surface area is 106 Å². The molecule has 4 N–H and O–H groups in total. The van der Waals surface area contributed by atoms with Crippen LogP contribution in [0.3, 0.4) is 0 Å².